The van der Waals surface area contributed by atoms with Gasteiger partial charge in [0.2, 0.25) is 5.76 Å². The van der Waals surface area contributed by atoms with E-state index in [4.69, 9.17) is 9.52 Å². The topological polar surface area (TPSA) is 73.9 Å². The first kappa shape index (κ1) is 14.1. The maximum Gasteiger partial charge on any atom is 0.371 e. The highest BCUT2D eigenvalue weighted by atomic mass is 16.4. The summed E-state index contributed by atoms with van der Waals surface area (Å²) in [4.78, 5) is 13.2. The lowest BCUT2D eigenvalue weighted by atomic mass is 9.91. The van der Waals surface area contributed by atoms with Gasteiger partial charge in [-0.3, -0.25) is 4.90 Å². The van der Waals surface area contributed by atoms with Gasteiger partial charge in [-0.25, -0.2) is 4.79 Å². The van der Waals surface area contributed by atoms with Crippen LogP contribution in [0.1, 0.15) is 35.4 Å². The van der Waals surface area contributed by atoms with Gasteiger partial charge in [0, 0.05) is 24.5 Å². The van der Waals surface area contributed by atoms with Crippen molar-refractivity contribution in [3.8, 4) is 0 Å². The quantitative estimate of drug-likeness (QED) is 0.854. The number of fused-ring (bicyclic) bond motifs is 1. The highest BCUT2D eigenvalue weighted by Gasteiger charge is 2.24. The zero-order chi connectivity index (χ0) is 14.8. The van der Waals surface area contributed by atoms with Crippen LogP contribution >= 0.6 is 0 Å². The Morgan fingerprint density at radius 3 is 2.76 bits per heavy atom. The molecule has 1 aliphatic carbocycles. The smallest absolute Gasteiger partial charge is 0.371 e. The first-order chi connectivity index (χ1) is 10.2. The van der Waals surface area contributed by atoms with Crippen molar-refractivity contribution in [1.29, 1.82) is 0 Å². The first-order valence-corrected chi connectivity index (χ1v) is 7.28. The van der Waals surface area contributed by atoms with Gasteiger partial charge in [-0.15, -0.1) is 0 Å². The molecule has 1 saturated carbocycles. The van der Waals surface area contributed by atoms with Gasteiger partial charge < -0.3 is 14.6 Å². The summed E-state index contributed by atoms with van der Waals surface area (Å²) in [5.74, 6) is -1.09. The van der Waals surface area contributed by atoms with Crippen molar-refractivity contribution < 1.29 is 19.4 Å². The van der Waals surface area contributed by atoms with Crippen molar-refractivity contribution in [3.63, 3.8) is 0 Å². The van der Waals surface area contributed by atoms with Crippen LogP contribution in [0.4, 0.5) is 0 Å². The molecule has 3 rings (SSSR count). The summed E-state index contributed by atoms with van der Waals surface area (Å²) >= 11 is 0. The van der Waals surface area contributed by atoms with Crippen molar-refractivity contribution in [2.45, 2.75) is 31.8 Å². The molecule has 0 aliphatic heterocycles. The number of rotatable bonds is 6. The standard InChI is InChI=1S/C16H19NO4/c18-7-6-17(13-2-1-3-13)10-11-4-5-14-12(8-11)9-15(21-14)16(19)20/h4-5,8-9,13,18H,1-3,6-7,10H2,(H,19,20). The van der Waals surface area contributed by atoms with Gasteiger partial charge >= 0.3 is 5.97 Å². The predicted molar refractivity (Wildman–Crippen MR) is 78.3 cm³/mol. The van der Waals surface area contributed by atoms with Gasteiger partial charge in [-0.2, -0.15) is 0 Å². The van der Waals surface area contributed by atoms with Gasteiger partial charge in [0.25, 0.3) is 0 Å². The molecule has 0 saturated heterocycles. The number of carbonyl (C=O) groups is 1. The largest absolute Gasteiger partial charge is 0.475 e. The van der Waals surface area contributed by atoms with Crippen LogP contribution in [-0.4, -0.2) is 40.3 Å². The minimum atomic E-state index is -1.05. The number of furan rings is 1. The molecule has 1 fully saturated rings. The Kier molecular flexibility index (Phi) is 3.94. The molecule has 112 valence electrons. The van der Waals surface area contributed by atoms with Crippen molar-refractivity contribution in [2.75, 3.05) is 13.2 Å². The SMILES string of the molecule is O=C(O)c1cc2cc(CN(CCO)C3CCC3)ccc2o1. The van der Waals surface area contributed by atoms with E-state index in [1.807, 2.05) is 18.2 Å². The van der Waals surface area contributed by atoms with Crippen molar-refractivity contribution in [2.24, 2.45) is 0 Å². The Hall–Kier alpha value is -1.85. The van der Waals surface area contributed by atoms with E-state index in [-0.39, 0.29) is 12.4 Å². The molecule has 0 atom stereocenters. The van der Waals surface area contributed by atoms with Crippen LogP contribution in [-0.2, 0) is 6.54 Å². The Morgan fingerprint density at radius 2 is 2.14 bits per heavy atom. The van der Waals surface area contributed by atoms with Crippen molar-refractivity contribution in [1.82, 2.24) is 4.90 Å². The molecule has 1 aliphatic rings. The third-order valence-electron chi connectivity index (χ3n) is 4.16. The second-order valence-electron chi connectivity index (χ2n) is 5.57. The van der Waals surface area contributed by atoms with Gasteiger partial charge in [-0.1, -0.05) is 12.5 Å². The molecule has 1 heterocycles. The number of nitrogens with zero attached hydrogens (tertiary/aromatic N) is 1. The third kappa shape index (κ3) is 2.94. The van der Waals surface area contributed by atoms with Gasteiger partial charge in [0.1, 0.15) is 5.58 Å². The first-order valence-electron chi connectivity index (χ1n) is 7.28. The van der Waals surface area contributed by atoms with E-state index >= 15 is 0 Å². The molecule has 2 aromatic rings. The molecule has 5 heteroatoms. The fraction of sp³-hybridized carbons (Fsp3) is 0.438. The summed E-state index contributed by atoms with van der Waals surface area (Å²) in [5.41, 5.74) is 1.70. The summed E-state index contributed by atoms with van der Waals surface area (Å²) in [6.07, 6.45) is 3.64. The second-order valence-corrected chi connectivity index (χ2v) is 5.57. The molecule has 0 spiro atoms. The Labute approximate surface area is 122 Å². The maximum atomic E-state index is 10.9. The molecule has 2 N–H and O–H groups in total. The van der Waals surface area contributed by atoms with Crippen molar-refractivity contribution >= 4 is 16.9 Å². The molecule has 5 nitrogen and oxygen atoms in total. The van der Waals surface area contributed by atoms with Gasteiger partial charge in [0.05, 0.1) is 6.61 Å². The highest BCUT2D eigenvalue weighted by molar-refractivity contribution is 5.91. The van der Waals surface area contributed by atoms with Crippen molar-refractivity contribution in [3.05, 3.63) is 35.6 Å². The molecule has 21 heavy (non-hydrogen) atoms. The summed E-state index contributed by atoms with van der Waals surface area (Å²) in [7, 11) is 0. The normalized spacial score (nSPS) is 15.5. The zero-order valence-electron chi connectivity index (χ0n) is 11.8. The van der Waals surface area contributed by atoms with Crippen LogP contribution in [0, 0.1) is 0 Å². The predicted octanol–water partition coefficient (Wildman–Crippen LogP) is 2.48. The van der Waals surface area contributed by atoms with E-state index in [0.29, 0.717) is 18.2 Å². The fourth-order valence-electron chi connectivity index (χ4n) is 2.80. The third-order valence-corrected chi connectivity index (χ3v) is 4.16. The average Bonchev–Trinajstić information content (AvgIpc) is 2.80. The summed E-state index contributed by atoms with van der Waals surface area (Å²) in [6, 6.07) is 7.86. The van der Waals surface area contributed by atoms with Crippen LogP contribution in [0.15, 0.2) is 28.7 Å². The molecule has 1 aromatic carbocycles. The molecular formula is C16H19NO4. The van der Waals surface area contributed by atoms with E-state index < -0.39 is 5.97 Å². The van der Waals surface area contributed by atoms with E-state index in [2.05, 4.69) is 4.90 Å². The van der Waals surface area contributed by atoms with E-state index in [9.17, 15) is 9.90 Å². The van der Waals surface area contributed by atoms with Crippen LogP contribution in [0.25, 0.3) is 11.0 Å². The molecule has 0 unspecified atom stereocenters. The Bertz CT molecular complexity index is 645. The number of aromatic carboxylic acids is 1. The van der Waals surface area contributed by atoms with E-state index in [0.717, 1.165) is 17.5 Å². The summed E-state index contributed by atoms with van der Waals surface area (Å²) in [6.45, 7) is 1.61. The van der Waals surface area contributed by atoms with E-state index in [1.54, 1.807) is 6.07 Å². The number of aliphatic hydroxyl groups is 1. The zero-order valence-corrected chi connectivity index (χ0v) is 11.8. The van der Waals surface area contributed by atoms with Crippen LogP contribution in [0.2, 0.25) is 0 Å². The Morgan fingerprint density at radius 1 is 1.33 bits per heavy atom. The summed E-state index contributed by atoms with van der Waals surface area (Å²) < 4.78 is 5.26. The number of benzene rings is 1. The number of carboxylic acid groups (broad SMARTS) is 1. The van der Waals surface area contributed by atoms with Gasteiger partial charge in [-0.05, 0) is 36.6 Å². The molecule has 0 bridgehead atoms. The molecule has 1 aromatic heterocycles. The van der Waals surface area contributed by atoms with E-state index in [1.165, 1.54) is 19.3 Å². The number of aliphatic hydroxyl groups excluding tert-OH is 1. The maximum absolute atomic E-state index is 10.9. The minimum Gasteiger partial charge on any atom is -0.475 e. The average molecular weight is 289 g/mol. The number of hydrogen-bond donors (Lipinski definition) is 2. The monoisotopic (exact) mass is 289 g/mol. The minimum absolute atomic E-state index is 0.0339. The highest BCUT2D eigenvalue weighted by Crippen LogP contribution is 2.27. The second kappa shape index (κ2) is 5.87. The molecule has 0 radical (unpaired) electrons. The number of carboxylic acids is 1. The van der Waals surface area contributed by atoms with Gasteiger partial charge in [0.15, 0.2) is 0 Å². The lowest BCUT2D eigenvalue weighted by molar-refractivity contribution is 0.0665. The lowest BCUT2D eigenvalue weighted by Gasteiger charge is -2.37. The van der Waals surface area contributed by atoms with Crippen LogP contribution in [0.3, 0.4) is 0 Å². The molecule has 0 amide bonds. The Balaban J connectivity index is 1.80. The summed E-state index contributed by atoms with van der Waals surface area (Å²) in [5, 5.41) is 19.0. The molecular weight excluding hydrogens is 270 g/mol. The lowest BCUT2D eigenvalue weighted by Crippen LogP contribution is -2.41. The number of hydrogen-bond acceptors (Lipinski definition) is 4. The fourth-order valence-corrected chi connectivity index (χ4v) is 2.80. The van der Waals surface area contributed by atoms with Crippen LogP contribution in [0.5, 0.6) is 0 Å². The van der Waals surface area contributed by atoms with Crippen LogP contribution < -0.4 is 0 Å².